The summed E-state index contributed by atoms with van der Waals surface area (Å²) in [4.78, 5) is 2.53. The van der Waals surface area contributed by atoms with Gasteiger partial charge < -0.3 is 9.52 Å². The quantitative estimate of drug-likeness (QED) is 0.806. The highest BCUT2D eigenvalue weighted by atomic mass is 16.4. The van der Waals surface area contributed by atoms with Crippen molar-refractivity contribution in [1.29, 1.82) is 0 Å². The minimum absolute atomic E-state index is 0.244. The molecule has 2 aromatic rings. The first-order valence-corrected chi connectivity index (χ1v) is 8.99. The Morgan fingerprint density at radius 3 is 2.83 bits per heavy atom. The Bertz CT molecular complexity index is 641. The molecule has 0 saturated heterocycles. The van der Waals surface area contributed by atoms with E-state index in [-0.39, 0.29) is 6.61 Å². The lowest BCUT2D eigenvalue weighted by molar-refractivity contribution is 0.157. The van der Waals surface area contributed by atoms with Gasteiger partial charge in [0, 0.05) is 32.5 Å². The number of aromatic nitrogens is 2. The van der Waals surface area contributed by atoms with Crippen LogP contribution in [0.3, 0.4) is 0 Å². The largest absolute Gasteiger partial charge is 0.426 e. The van der Waals surface area contributed by atoms with Gasteiger partial charge in [0.15, 0.2) is 0 Å². The van der Waals surface area contributed by atoms with Gasteiger partial charge in [0.1, 0.15) is 0 Å². The Labute approximate surface area is 143 Å². The van der Waals surface area contributed by atoms with E-state index in [1.165, 1.54) is 30.4 Å². The molecular formula is C19H27N3O2. The number of fused-ring (bicyclic) bond motifs is 1. The van der Waals surface area contributed by atoms with Crippen LogP contribution in [0.25, 0.3) is 0 Å². The van der Waals surface area contributed by atoms with Crippen molar-refractivity contribution in [1.82, 2.24) is 15.1 Å². The van der Waals surface area contributed by atoms with Gasteiger partial charge in [-0.15, -0.1) is 10.2 Å². The van der Waals surface area contributed by atoms with Crippen molar-refractivity contribution in [3.8, 4) is 0 Å². The molecule has 130 valence electrons. The standard InChI is InChI=1S/C19H27N3O2/c1-15-20-21-19(24-15)11-5-12-22(13-6-14-23)18-10-4-8-16-7-2-3-9-17(16)18/h2-3,7,9,18,23H,4-6,8,10-14H2,1H3. The predicted molar refractivity (Wildman–Crippen MR) is 92.8 cm³/mol. The van der Waals surface area contributed by atoms with Crippen molar-refractivity contribution < 1.29 is 9.52 Å². The molecule has 0 radical (unpaired) electrons. The zero-order chi connectivity index (χ0) is 16.8. The summed E-state index contributed by atoms with van der Waals surface area (Å²) in [6.07, 6.45) is 6.24. The van der Waals surface area contributed by atoms with E-state index in [2.05, 4.69) is 39.4 Å². The maximum Gasteiger partial charge on any atom is 0.216 e. The second-order valence-electron chi connectivity index (χ2n) is 6.54. The van der Waals surface area contributed by atoms with E-state index in [1.807, 2.05) is 6.92 Å². The topological polar surface area (TPSA) is 62.4 Å². The van der Waals surface area contributed by atoms with Gasteiger partial charge in [0.25, 0.3) is 0 Å². The fourth-order valence-electron chi connectivity index (χ4n) is 3.68. The first-order chi connectivity index (χ1) is 11.8. The number of nitrogens with zero attached hydrogens (tertiary/aromatic N) is 3. The molecule has 24 heavy (non-hydrogen) atoms. The van der Waals surface area contributed by atoms with Crippen LogP contribution in [0.5, 0.6) is 0 Å². The highest BCUT2D eigenvalue weighted by molar-refractivity contribution is 5.32. The Morgan fingerprint density at radius 2 is 2.04 bits per heavy atom. The van der Waals surface area contributed by atoms with Gasteiger partial charge >= 0.3 is 0 Å². The summed E-state index contributed by atoms with van der Waals surface area (Å²) in [5.74, 6) is 1.35. The third-order valence-corrected chi connectivity index (χ3v) is 4.79. The van der Waals surface area contributed by atoms with Crippen LogP contribution in [0.2, 0.25) is 0 Å². The van der Waals surface area contributed by atoms with E-state index in [0.29, 0.717) is 11.9 Å². The van der Waals surface area contributed by atoms with Crippen molar-refractivity contribution in [3.63, 3.8) is 0 Å². The van der Waals surface area contributed by atoms with Crippen LogP contribution in [0, 0.1) is 6.92 Å². The Balaban J connectivity index is 1.65. The molecule has 0 bridgehead atoms. The molecule has 0 fully saturated rings. The molecule has 1 N–H and O–H groups in total. The number of hydrogen-bond acceptors (Lipinski definition) is 5. The Hall–Kier alpha value is -1.72. The highest BCUT2D eigenvalue weighted by Gasteiger charge is 2.25. The van der Waals surface area contributed by atoms with Crippen molar-refractivity contribution in [2.75, 3.05) is 19.7 Å². The minimum atomic E-state index is 0.244. The fourth-order valence-corrected chi connectivity index (χ4v) is 3.68. The zero-order valence-corrected chi connectivity index (χ0v) is 14.4. The van der Waals surface area contributed by atoms with Crippen LogP contribution in [0.15, 0.2) is 28.7 Å². The van der Waals surface area contributed by atoms with E-state index >= 15 is 0 Å². The second-order valence-corrected chi connectivity index (χ2v) is 6.54. The number of aryl methyl sites for hydroxylation is 3. The van der Waals surface area contributed by atoms with Crippen molar-refractivity contribution in [2.24, 2.45) is 0 Å². The summed E-state index contributed by atoms with van der Waals surface area (Å²) >= 11 is 0. The molecule has 3 rings (SSSR count). The van der Waals surface area contributed by atoms with Crippen LogP contribution in [0.4, 0.5) is 0 Å². The number of aliphatic hydroxyl groups is 1. The summed E-state index contributed by atoms with van der Waals surface area (Å²) in [6.45, 7) is 3.98. The predicted octanol–water partition coefficient (Wildman–Crippen LogP) is 3.07. The molecule has 1 aliphatic carbocycles. The number of hydrogen-bond donors (Lipinski definition) is 1. The molecule has 0 saturated carbocycles. The molecule has 0 spiro atoms. The van der Waals surface area contributed by atoms with Gasteiger partial charge in [-0.25, -0.2) is 0 Å². The Morgan fingerprint density at radius 1 is 1.21 bits per heavy atom. The lowest BCUT2D eigenvalue weighted by Gasteiger charge is -2.36. The molecule has 1 unspecified atom stereocenters. The van der Waals surface area contributed by atoms with E-state index in [9.17, 15) is 5.11 Å². The van der Waals surface area contributed by atoms with E-state index in [4.69, 9.17) is 4.42 Å². The van der Waals surface area contributed by atoms with Gasteiger partial charge in [-0.2, -0.15) is 0 Å². The van der Waals surface area contributed by atoms with Gasteiger partial charge in [-0.3, -0.25) is 4.90 Å². The van der Waals surface area contributed by atoms with E-state index < -0.39 is 0 Å². The maximum atomic E-state index is 9.26. The van der Waals surface area contributed by atoms with Crippen LogP contribution in [-0.2, 0) is 12.8 Å². The first-order valence-electron chi connectivity index (χ1n) is 8.99. The van der Waals surface area contributed by atoms with Crippen LogP contribution in [-0.4, -0.2) is 39.9 Å². The summed E-state index contributed by atoms with van der Waals surface area (Å²) in [5.41, 5.74) is 2.95. The summed E-state index contributed by atoms with van der Waals surface area (Å²) < 4.78 is 5.47. The van der Waals surface area contributed by atoms with Gasteiger partial charge in [0.05, 0.1) is 0 Å². The monoisotopic (exact) mass is 329 g/mol. The Kier molecular flexibility index (Phi) is 5.99. The molecule has 1 aliphatic rings. The lowest BCUT2D eigenvalue weighted by atomic mass is 9.86. The third-order valence-electron chi connectivity index (χ3n) is 4.79. The number of rotatable bonds is 8. The molecular weight excluding hydrogens is 302 g/mol. The lowest BCUT2D eigenvalue weighted by Crippen LogP contribution is -2.33. The van der Waals surface area contributed by atoms with Crippen molar-refractivity contribution in [3.05, 3.63) is 47.2 Å². The minimum Gasteiger partial charge on any atom is -0.426 e. The van der Waals surface area contributed by atoms with Crippen LogP contribution >= 0.6 is 0 Å². The molecule has 0 aliphatic heterocycles. The normalized spacial score (nSPS) is 17.2. The summed E-state index contributed by atoms with van der Waals surface area (Å²) in [5, 5.41) is 17.2. The van der Waals surface area contributed by atoms with Gasteiger partial charge in [0.2, 0.25) is 11.8 Å². The average molecular weight is 329 g/mol. The summed E-state index contributed by atoms with van der Waals surface area (Å²) in [7, 11) is 0. The highest BCUT2D eigenvalue weighted by Crippen LogP contribution is 2.34. The van der Waals surface area contributed by atoms with Gasteiger partial charge in [-0.1, -0.05) is 24.3 Å². The first kappa shape index (κ1) is 17.1. The van der Waals surface area contributed by atoms with Crippen molar-refractivity contribution >= 4 is 0 Å². The number of aliphatic hydroxyl groups excluding tert-OH is 1. The molecule has 5 heteroatoms. The molecule has 1 heterocycles. The average Bonchev–Trinajstić information content (AvgIpc) is 3.03. The molecule has 1 aromatic heterocycles. The summed E-state index contributed by atoms with van der Waals surface area (Å²) in [6, 6.07) is 9.27. The molecule has 5 nitrogen and oxygen atoms in total. The second kappa shape index (κ2) is 8.40. The third kappa shape index (κ3) is 4.22. The molecule has 0 amide bonds. The molecule has 1 aromatic carbocycles. The fraction of sp³-hybridized carbons (Fsp3) is 0.579. The van der Waals surface area contributed by atoms with E-state index in [0.717, 1.165) is 38.2 Å². The SMILES string of the molecule is Cc1nnc(CCCN(CCCO)C2CCCc3ccccc32)o1. The van der Waals surface area contributed by atoms with Gasteiger partial charge in [-0.05, 0) is 49.8 Å². The van der Waals surface area contributed by atoms with Crippen LogP contribution < -0.4 is 0 Å². The maximum absolute atomic E-state index is 9.26. The van der Waals surface area contributed by atoms with E-state index in [1.54, 1.807) is 0 Å². The smallest absolute Gasteiger partial charge is 0.216 e. The van der Waals surface area contributed by atoms with Crippen molar-refractivity contribution in [2.45, 2.75) is 51.5 Å². The molecule has 1 atom stereocenters. The van der Waals surface area contributed by atoms with Crippen LogP contribution in [0.1, 0.15) is 54.6 Å². The zero-order valence-electron chi connectivity index (χ0n) is 14.4. The number of benzene rings is 1.